The van der Waals surface area contributed by atoms with Gasteiger partial charge in [-0.25, -0.2) is 0 Å². The van der Waals surface area contributed by atoms with Crippen LogP contribution in [-0.4, -0.2) is 15.6 Å². The molecular formula is C11H17ClN2O. The average molecular weight is 229 g/mol. The fourth-order valence-corrected chi connectivity index (χ4v) is 1.91. The SMILES string of the molecule is CCC(=O)CCc1c(Cl)c(CC)nn1C. The van der Waals surface area contributed by atoms with Crippen LogP contribution in [0.15, 0.2) is 0 Å². The molecule has 84 valence electrons. The predicted molar refractivity (Wildman–Crippen MR) is 61.2 cm³/mol. The van der Waals surface area contributed by atoms with Crippen molar-refractivity contribution in [2.75, 3.05) is 0 Å². The van der Waals surface area contributed by atoms with Gasteiger partial charge in [0.05, 0.1) is 16.4 Å². The van der Waals surface area contributed by atoms with Gasteiger partial charge in [0, 0.05) is 19.9 Å². The van der Waals surface area contributed by atoms with Gasteiger partial charge in [-0.2, -0.15) is 5.10 Å². The first kappa shape index (κ1) is 12.2. The van der Waals surface area contributed by atoms with Crippen LogP contribution < -0.4 is 0 Å². The summed E-state index contributed by atoms with van der Waals surface area (Å²) in [6.07, 6.45) is 2.67. The normalized spacial score (nSPS) is 10.7. The van der Waals surface area contributed by atoms with Crippen molar-refractivity contribution < 1.29 is 4.79 Å². The lowest BCUT2D eigenvalue weighted by Crippen LogP contribution is -2.03. The zero-order valence-corrected chi connectivity index (χ0v) is 10.3. The Morgan fingerprint density at radius 2 is 2.13 bits per heavy atom. The molecule has 1 heterocycles. The van der Waals surface area contributed by atoms with Gasteiger partial charge in [0.25, 0.3) is 0 Å². The number of hydrogen-bond acceptors (Lipinski definition) is 2. The summed E-state index contributed by atoms with van der Waals surface area (Å²) in [7, 11) is 1.87. The Morgan fingerprint density at radius 3 is 2.60 bits per heavy atom. The number of Topliss-reactive ketones (excluding diaryl/α,β-unsaturated/α-hetero) is 1. The van der Waals surface area contributed by atoms with E-state index in [2.05, 4.69) is 5.10 Å². The van der Waals surface area contributed by atoms with E-state index in [9.17, 15) is 4.79 Å². The van der Waals surface area contributed by atoms with Crippen molar-refractivity contribution >= 4 is 17.4 Å². The van der Waals surface area contributed by atoms with Crippen LogP contribution in [0.1, 0.15) is 38.1 Å². The van der Waals surface area contributed by atoms with Crippen LogP contribution >= 0.6 is 11.6 Å². The highest BCUT2D eigenvalue weighted by Crippen LogP contribution is 2.22. The van der Waals surface area contributed by atoms with Crippen LogP contribution in [0.5, 0.6) is 0 Å². The molecular weight excluding hydrogens is 212 g/mol. The quantitative estimate of drug-likeness (QED) is 0.777. The number of nitrogens with zero attached hydrogens (tertiary/aromatic N) is 2. The number of carbonyl (C=O) groups excluding carboxylic acids is 1. The lowest BCUT2D eigenvalue weighted by Gasteiger charge is -2.01. The minimum atomic E-state index is 0.269. The third-order valence-electron chi connectivity index (χ3n) is 2.54. The largest absolute Gasteiger partial charge is 0.300 e. The molecule has 0 radical (unpaired) electrons. The van der Waals surface area contributed by atoms with Gasteiger partial charge in [-0.15, -0.1) is 0 Å². The van der Waals surface area contributed by atoms with E-state index in [-0.39, 0.29) is 5.78 Å². The summed E-state index contributed by atoms with van der Waals surface area (Å²) in [5.74, 6) is 0.269. The van der Waals surface area contributed by atoms with E-state index >= 15 is 0 Å². The minimum Gasteiger partial charge on any atom is -0.300 e. The summed E-state index contributed by atoms with van der Waals surface area (Å²) in [6, 6.07) is 0. The average Bonchev–Trinajstić information content (AvgIpc) is 2.51. The van der Waals surface area contributed by atoms with Crippen LogP contribution in [-0.2, 0) is 24.7 Å². The molecule has 0 unspecified atom stereocenters. The molecule has 0 N–H and O–H groups in total. The summed E-state index contributed by atoms with van der Waals surface area (Å²) >= 11 is 6.16. The molecule has 1 rings (SSSR count). The number of halogens is 1. The van der Waals surface area contributed by atoms with Gasteiger partial charge in [0.1, 0.15) is 5.78 Å². The van der Waals surface area contributed by atoms with Crippen LogP contribution in [0.25, 0.3) is 0 Å². The van der Waals surface area contributed by atoms with E-state index in [1.165, 1.54) is 0 Å². The Labute approximate surface area is 95.4 Å². The molecule has 0 fully saturated rings. The maximum absolute atomic E-state index is 11.2. The van der Waals surface area contributed by atoms with E-state index < -0.39 is 0 Å². The van der Waals surface area contributed by atoms with Crippen molar-refractivity contribution in [3.63, 3.8) is 0 Å². The van der Waals surface area contributed by atoms with E-state index in [0.29, 0.717) is 19.3 Å². The van der Waals surface area contributed by atoms with Crippen molar-refractivity contribution in [2.24, 2.45) is 7.05 Å². The summed E-state index contributed by atoms with van der Waals surface area (Å²) in [4.78, 5) is 11.2. The smallest absolute Gasteiger partial charge is 0.133 e. The number of aryl methyl sites for hydroxylation is 2. The molecule has 1 aromatic heterocycles. The monoisotopic (exact) mass is 228 g/mol. The number of rotatable bonds is 5. The van der Waals surface area contributed by atoms with Gasteiger partial charge in [-0.05, 0) is 12.8 Å². The molecule has 0 aliphatic heterocycles. The molecule has 15 heavy (non-hydrogen) atoms. The first-order valence-corrected chi connectivity index (χ1v) is 5.69. The predicted octanol–water partition coefficient (Wildman–Crippen LogP) is 2.55. The first-order valence-electron chi connectivity index (χ1n) is 5.32. The Kier molecular flexibility index (Phi) is 4.33. The Morgan fingerprint density at radius 1 is 1.47 bits per heavy atom. The van der Waals surface area contributed by atoms with E-state index in [1.54, 1.807) is 4.68 Å². The van der Waals surface area contributed by atoms with Gasteiger partial charge in [-0.1, -0.05) is 25.4 Å². The van der Waals surface area contributed by atoms with Crippen molar-refractivity contribution in [1.29, 1.82) is 0 Å². The molecule has 0 bridgehead atoms. The Balaban J connectivity index is 2.76. The fraction of sp³-hybridized carbons (Fsp3) is 0.636. The molecule has 0 aliphatic rings. The standard InChI is InChI=1S/C11H17ClN2O/c1-4-8(15)6-7-10-11(12)9(5-2)13-14(10)3/h4-7H2,1-3H3. The van der Waals surface area contributed by atoms with Crippen molar-refractivity contribution in [1.82, 2.24) is 9.78 Å². The highest BCUT2D eigenvalue weighted by Gasteiger charge is 2.13. The van der Waals surface area contributed by atoms with Crippen molar-refractivity contribution in [3.05, 3.63) is 16.4 Å². The fourth-order valence-electron chi connectivity index (χ4n) is 1.53. The van der Waals surface area contributed by atoms with Gasteiger partial charge in [0.2, 0.25) is 0 Å². The Bertz CT molecular complexity index is 358. The van der Waals surface area contributed by atoms with E-state index in [1.807, 2.05) is 20.9 Å². The lowest BCUT2D eigenvalue weighted by atomic mass is 10.1. The summed E-state index contributed by atoms with van der Waals surface area (Å²) in [5.41, 5.74) is 1.88. The molecule has 0 aliphatic carbocycles. The number of carbonyl (C=O) groups is 1. The molecule has 0 amide bonds. The zero-order valence-electron chi connectivity index (χ0n) is 9.51. The summed E-state index contributed by atoms with van der Waals surface area (Å²) in [5, 5.41) is 5.03. The molecule has 0 atom stereocenters. The van der Waals surface area contributed by atoms with Crippen LogP contribution in [0.4, 0.5) is 0 Å². The van der Waals surface area contributed by atoms with Gasteiger partial charge >= 0.3 is 0 Å². The van der Waals surface area contributed by atoms with E-state index in [4.69, 9.17) is 11.6 Å². The molecule has 0 saturated heterocycles. The third kappa shape index (κ3) is 2.81. The number of ketones is 1. The minimum absolute atomic E-state index is 0.269. The molecule has 1 aromatic rings. The van der Waals surface area contributed by atoms with Crippen LogP contribution in [0.2, 0.25) is 5.02 Å². The number of hydrogen-bond donors (Lipinski definition) is 0. The van der Waals surface area contributed by atoms with E-state index in [0.717, 1.165) is 22.8 Å². The second-order valence-electron chi connectivity index (χ2n) is 3.58. The third-order valence-corrected chi connectivity index (χ3v) is 2.97. The maximum atomic E-state index is 11.2. The molecule has 0 saturated carbocycles. The second-order valence-corrected chi connectivity index (χ2v) is 3.95. The maximum Gasteiger partial charge on any atom is 0.133 e. The van der Waals surface area contributed by atoms with Gasteiger partial charge in [0.15, 0.2) is 0 Å². The summed E-state index contributed by atoms with van der Waals surface area (Å²) < 4.78 is 1.78. The molecule has 0 spiro atoms. The second kappa shape index (κ2) is 5.31. The number of aromatic nitrogens is 2. The van der Waals surface area contributed by atoms with Gasteiger partial charge in [-0.3, -0.25) is 9.48 Å². The molecule has 4 heteroatoms. The van der Waals surface area contributed by atoms with Crippen LogP contribution in [0.3, 0.4) is 0 Å². The first-order chi connectivity index (χ1) is 7.10. The summed E-state index contributed by atoms with van der Waals surface area (Å²) in [6.45, 7) is 3.90. The molecule has 3 nitrogen and oxygen atoms in total. The highest BCUT2D eigenvalue weighted by molar-refractivity contribution is 6.31. The zero-order chi connectivity index (χ0) is 11.4. The van der Waals surface area contributed by atoms with Crippen molar-refractivity contribution in [2.45, 2.75) is 39.5 Å². The topological polar surface area (TPSA) is 34.9 Å². The molecule has 0 aromatic carbocycles. The lowest BCUT2D eigenvalue weighted by molar-refractivity contribution is -0.118. The van der Waals surface area contributed by atoms with Crippen LogP contribution in [0, 0.1) is 0 Å². The highest BCUT2D eigenvalue weighted by atomic mass is 35.5. The Hall–Kier alpha value is -0.830. The van der Waals surface area contributed by atoms with Gasteiger partial charge < -0.3 is 0 Å². The van der Waals surface area contributed by atoms with Crippen molar-refractivity contribution in [3.8, 4) is 0 Å².